The molecule has 1 fully saturated rings. The number of carbonyl (C=O) groups is 1. The Balaban J connectivity index is 1.45. The van der Waals surface area contributed by atoms with Gasteiger partial charge in [0.25, 0.3) is 5.91 Å². The maximum absolute atomic E-state index is 13.5. The van der Waals surface area contributed by atoms with Gasteiger partial charge in [0, 0.05) is 24.2 Å². The van der Waals surface area contributed by atoms with Crippen LogP contribution in [0.15, 0.2) is 53.1 Å². The molecule has 0 bridgehead atoms. The number of halogens is 1. The van der Waals surface area contributed by atoms with Crippen molar-refractivity contribution in [2.45, 2.75) is 32.6 Å². The second kappa shape index (κ2) is 9.29. The van der Waals surface area contributed by atoms with E-state index in [0.717, 1.165) is 12.8 Å². The molecule has 7 heteroatoms. The molecule has 1 unspecified atom stereocenters. The lowest BCUT2D eigenvalue weighted by atomic mass is 9.97. The summed E-state index contributed by atoms with van der Waals surface area (Å²) in [6.07, 6.45) is 1.70. The molecule has 0 saturated carbocycles. The maximum atomic E-state index is 13.5. The lowest BCUT2D eigenvalue weighted by Gasteiger charge is -2.31. The number of rotatable bonds is 6. The minimum absolute atomic E-state index is 0.0374. The highest BCUT2D eigenvalue weighted by Crippen LogP contribution is 2.29. The average Bonchev–Trinajstić information content (AvgIpc) is 3.28. The maximum Gasteiger partial charge on any atom is 0.254 e. The molecule has 1 saturated heterocycles. The van der Waals surface area contributed by atoms with Gasteiger partial charge in [0.1, 0.15) is 11.6 Å². The predicted molar refractivity (Wildman–Crippen MR) is 114 cm³/mol. The normalized spacial score (nSPS) is 16.5. The fraction of sp³-hybridized carbons (Fsp3) is 0.375. The number of piperidine rings is 1. The minimum atomic E-state index is -0.349. The first kappa shape index (κ1) is 21.0. The molecule has 1 aliphatic rings. The molecule has 2 heterocycles. The fourth-order valence-corrected chi connectivity index (χ4v) is 3.67. The molecule has 0 aliphatic carbocycles. The van der Waals surface area contributed by atoms with Gasteiger partial charge in [-0.2, -0.15) is 4.98 Å². The van der Waals surface area contributed by atoms with Crippen molar-refractivity contribution < 1.29 is 18.4 Å². The average molecular weight is 423 g/mol. The van der Waals surface area contributed by atoms with Gasteiger partial charge in [0.15, 0.2) is 0 Å². The van der Waals surface area contributed by atoms with Crippen LogP contribution in [-0.2, 0) is 0 Å². The number of likely N-dealkylation sites (tertiary alicyclic amines) is 1. The number of carbonyl (C=O) groups excluding carboxylic acids is 1. The van der Waals surface area contributed by atoms with Crippen molar-refractivity contribution in [3.63, 3.8) is 0 Å². The highest BCUT2D eigenvalue weighted by atomic mass is 19.1. The fourth-order valence-electron chi connectivity index (χ4n) is 3.67. The highest BCUT2D eigenvalue weighted by Gasteiger charge is 2.29. The molecule has 1 amide bonds. The van der Waals surface area contributed by atoms with Crippen molar-refractivity contribution >= 4 is 5.91 Å². The van der Waals surface area contributed by atoms with Crippen LogP contribution in [0.5, 0.6) is 5.75 Å². The monoisotopic (exact) mass is 423 g/mol. The molecule has 162 valence electrons. The number of aromatic nitrogens is 2. The van der Waals surface area contributed by atoms with Gasteiger partial charge in [-0.25, -0.2) is 4.39 Å². The van der Waals surface area contributed by atoms with Gasteiger partial charge in [0.05, 0.1) is 12.5 Å². The summed E-state index contributed by atoms with van der Waals surface area (Å²) < 4.78 is 24.7. The van der Waals surface area contributed by atoms with Gasteiger partial charge in [-0.05, 0) is 49.1 Å². The molecule has 3 aromatic rings. The summed E-state index contributed by atoms with van der Waals surface area (Å²) in [7, 11) is 0. The van der Waals surface area contributed by atoms with Crippen molar-refractivity contribution in [1.82, 2.24) is 15.0 Å². The number of benzene rings is 2. The van der Waals surface area contributed by atoms with Crippen LogP contribution >= 0.6 is 0 Å². The Hall–Kier alpha value is -3.22. The SMILES string of the molecule is CC(C)COc1cccc(C(=O)N2CCCC(c3nc(-c4cccc(F)c4)no3)C2)c1. The third-order valence-electron chi connectivity index (χ3n) is 5.25. The molecule has 0 spiro atoms. The molecule has 2 aromatic carbocycles. The molecule has 1 atom stereocenters. The van der Waals surface area contributed by atoms with Crippen molar-refractivity contribution in [2.75, 3.05) is 19.7 Å². The van der Waals surface area contributed by atoms with E-state index < -0.39 is 0 Å². The molecule has 4 rings (SSSR count). The van der Waals surface area contributed by atoms with E-state index in [0.29, 0.717) is 54.2 Å². The zero-order valence-corrected chi connectivity index (χ0v) is 17.8. The van der Waals surface area contributed by atoms with Crippen LogP contribution in [0.4, 0.5) is 4.39 Å². The Bertz CT molecular complexity index is 1050. The van der Waals surface area contributed by atoms with Crippen LogP contribution in [0.3, 0.4) is 0 Å². The van der Waals surface area contributed by atoms with Crippen LogP contribution in [0.25, 0.3) is 11.4 Å². The van der Waals surface area contributed by atoms with Gasteiger partial charge in [-0.1, -0.05) is 37.2 Å². The summed E-state index contributed by atoms with van der Waals surface area (Å²) in [5.74, 6) is 1.51. The molecule has 1 aliphatic heterocycles. The highest BCUT2D eigenvalue weighted by molar-refractivity contribution is 5.94. The first-order valence-electron chi connectivity index (χ1n) is 10.6. The first-order chi connectivity index (χ1) is 15.0. The Morgan fingerprint density at radius 2 is 2.10 bits per heavy atom. The van der Waals surface area contributed by atoms with Crippen molar-refractivity contribution in [1.29, 1.82) is 0 Å². The van der Waals surface area contributed by atoms with E-state index in [1.807, 2.05) is 23.1 Å². The van der Waals surface area contributed by atoms with Gasteiger partial charge in [-0.3, -0.25) is 4.79 Å². The summed E-state index contributed by atoms with van der Waals surface area (Å²) in [4.78, 5) is 19.4. The van der Waals surface area contributed by atoms with Crippen LogP contribution in [-0.4, -0.2) is 40.6 Å². The largest absolute Gasteiger partial charge is 0.493 e. The predicted octanol–water partition coefficient (Wildman–Crippen LogP) is 4.93. The topological polar surface area (TPSA) is 68.5 Å². The van der Waals surface area contributed by atoms with Crippen LogP contribution in [0.2, 0.25) is 0 Å². The zero-order chi connectivity index (χ0) is 21.8. The number of nitrogens with zero attached hydrogens (tertiary/aromatic N) is 3. The summed E-state index contributed by atoms with van der Waals surface area (Å²) in [5.41, 5.74) is 1.17. The van der Waals surface area contributed by atoms with E-state index in [1.165, 1.54) is 12.1 Å². The second-order valence-corrected chi connectivity index (χ2v) is 8.29. The molecule has 6 nitrogen and oxygen atoms in total. The molecule has 31 heavy (non-hydrogen) atoms. The van der Waals surface area contributed by atoms with Crippen LogP contribution in [0, 0.1) is 11.7 Å². The number of ether oxygens (including phenoxy) is 1. The van der Waals surface area contributed by atoms with E-state index in [2.05, 4.69) is 24.0 Å². The van der Waals surface area contributed by atoms with Crippen molar-refractivity contribution in [3.8, 4) is 17.1 Å². The smallest absolute Gasteiger partial charge is 0.254 e. The van der Waals surface area contributed by atoms with Crippen molar-refractivity contribution in [3.05, 3.63) is 65.8 Å². The standard InChI is InChI=1S/C24H26FN3O3/c1-16(2)15-30-21-10-4-7-18(13-21)24(29)28-11-5-8-19(14-28)23-26-22(27-31-23)17-6-3-9-20(25)12-17/h3-4,6-7,9-10,12-13,16,19H,5,8,11,14-15H2,1-2H3. The summed E-state index contributed by atoms with van der Waals surface area (Å²) in [6, 6.07) is 13.4. The van der Waals surface area contributed by atoms with E-state index in [4.69, 9.17) is 9.26 Å². The van der Waals surface area contributed by atoms with E-state index in [-0.39, 0.29) is 17.6 Å². The van der Waals surface area contributed by atoms with Gasteiger partial charge in [-0.15, -0.1) is 0 Å². The lowest BCUT2D eigenvalue weighted by molar-refractivity contribution is 0.0695. The molecule has 1 aromatic heterocycles. The molecular formula is C24H26FN3O3. The summed E-state index contributed by atoms with van der Waals surface area (Å²) >= 11 is 0. The van der Waals surface area contributed by atoms with Gasteiger partial charge < -0.3 is 14.2 Å². The third kappa shape index (κ3) is 5.10. The third-order valence-corrected chi connectivity index (χ3v) is 5.25. The quantitative estimate of drug-likeness (QED) is 0.562. The Kier molecular flexibility index (Phi) is 6.30. The summed E-state index contributed by atoms with van der Waals surface area (Å²) in [5, 5.41) is 4.00. The second-order valence-electron chi connectivity index (χ2n) is 8.29. The van der Waals surface area contributed by atoms with Gasteiger partial charge >= 0.3 is 0 Å². The lowest BCUT2D eigenvalue weighted by Crippen LogP contribution is -2.39. The Morgan fingerprint density at radius 1 is 1.26 bits per heavy atom. The Morgan fingerprint density at radius 3 is 2.90 bits per heavy atom. The van der Waals surface area contributed by atoms with Crippen LogP contribution in [0.1, 0.15) is 48.9 Å². The van der Waals surface area contributed by atoms with E-state index in [9.17, 15) is 9.18 Å². The van der Waals surface area contributed by atoms with E-state index >= 15 is 0 Å². The molecular weight excluding hydrogens is 397 g/mol. The first-order valence-corrected chi connectivity index (χ1v) is 10.6. The molecule has 0 N–H and O–H groups in total. The zero-order valence-electron chi connectivity index (χ0n) is 17.8. The summed E-state index contributed by atoms with van der Waals surface area (Å²) in [6.45, 7) is 5.95. The molecule has 0 radical (unpaired) electrons. The van der Waals surface area contributed by atoms with Gasteiger partial charge in [0.2, 0.25) is 11.7 Å². The van der Waals surface area contributed by atoms with Crippen LogP contribution < -0.4 is 4.74 Å². The van der Waals surface area contributed by atoms with Crippen molar-refractivity contribution in [2.24, 2.45) is 5.92 Å². The number of amides is 1. The Labute approximate surface area is 181 Å². The minimum Gasteiger partial charge on any atom is -0.493 e. The van der Waals surface area contributed by atoms with E-state index in [1.54, 1.807) is 18.2 Å². The number of hydrogen-bond donors (Lipinski definition) is 0. The number of hydrogen-bond acceptors (Lipinski definition) is 5.